The lowest BCUT2D eigenvalue weighted by Crippen LogP contribution is -1.86. The van der Waals surface area contributed by atoms with E-state index in [0.29, 0.717) is 5.69 Å². The summed E-state index contributed by atoms with van der Waals surface area (Å²) < 4.78 is 0. The normalized spacial score (nSPS) is 10.4. The van der Waals surface area contributed by atoms with Crippen molar-refractivity contribution in [2.24, 2.45) is 5.16 Å². The second-order valence-electron chi connectivity index (χ2n) is 1.91. The Morgan fingerprint density at radius 3 is 2.90 bits per heavy atom. The molecule has 3 nitrogen and oxygen atoms in total. The van der Waals surface area contributed by atoms with Crippen LogP contribution in [-0.4, -0.2) is 11.4 Å². The molecule has 0 amide bonds. The lowest BCUT2D eigenvalue weighted by Gasteiger charge is -1.92. The summed E-state index contributed by atoms with van der Waals surface area (Å²) in [5, 5.41) is 11.0. The van der Waals surface area contributed by atoms with E-state index in [4.69, 9.17) is 10.9 Å². The van der Waals surface area contributed by atoms with Crippen LogP contribution in [0.2, 0.25) is 0 Å². The van der Waals surface area contributed by atoms with Gasteiger partial charge in [0.15, 0.2) is 0 Å². The summed E-state index contributed by atoms with van der Waals surface area (Å²) in [6.07, 6.45) is 1.33. The Hall–Kier alpha value is -1.51. The lowest BCUT2D eigenvalue weighted by atomic mass is 10.2. The summed E-state index contributed by atoms with van der Waals surface area (Å²) in [5.74, 6) is 0. The second-order valence-corrected chi connectivity index (χ2v) is 1.91. The molecule has 1 aromatic carbocycles. The molecule has 1 aromatic rings. The van der Waals surface area contributed by atoms with Gasteiger partial charge in [0.2, 0.25) is 0 Å². The molecule has 0 radical (unpaired) electrons. The molecule has 0 heterocycles. The van der Waals surface area contributed by atoms with Gasteiger partial charge in [0, 0.05) is 5.69 Å². The van der Waals surface area contributed by atoms with Gasteiger partial charge in [-0.05, 0) is 17.7 Å². The molecule has 0 unspecified atom stereocenters. The smallest absolute Gasteiger partial charge is 0.0734 e. The van der Waals surface area contributed by atoms with Crippen molar-refractivity contribution in [2.75, 3.05) is 5.73 Å². The molecular formula is C7H8N2O. The van der Waals surface area contributed by atoms with Crippen LogP contribution in [0.15, 0.2) is 29.4 Å². The molecule has 0 aliphatic heterocycles. The molecule has 0 spiro atoms. The number of hydrogen-bond acceptors (Lipinski definition) is 3. The number of rotatable bonds is 1. The molecule has 0 saturated carbocycles. The van der Waals surface area contributed by atoms with E-state index in [-0.39, 0.29) is 0 Å². The van der Waals surface area contributed by atoms with Crippen LogP contribution in [0, 0.1) is 0 Å². The van der Waals surface area contributed by atoms with Gasteiger partial charge in [-0.15, -0.1) is 0 Å². The topological polar surface area (TPSA) is 58.6 Å². The predicted octanol–water partition coefficient (Wildman–Crippen LogP) is 1.08. The van der Waals surface area contributed by atoms with Gasteiger partial charge < -0.3 is 10.9 Å². The Morgan fingerprint density at radius 2 is 2.30 bits per heavy atom. The van der Waals surface area contributed by atoms with Crippen LogP contribution in [0.4, 0.5) is 5.69 Å². The van der Waals surface area contributed by atoms with Gasteiger partial charge >= 0.3 is 0 Å². The van der Waals surface area contributed by atoms with E-state index in [0.717, 1.165) is 5.56 Å². The molecule has 0 aliphatic carbocycles. The first-order valence-electron chi connectivity index (χ1n) is 2.86. The molecule has 0 fully saturated rings. The van der Waals surface area contributed by atoms with Gasteiger partial charge in [0.1, 0.15) is 0 Å². The highest BCUT2D eigenvalue weighted by atomic mass is 16.4. The number of nitrogens with zero attached hydrogens (tertiary/aromatic N) is 1. The fourth-order valence-electron chi connectivity index (χ4n) is 0.706. The molecule has 0 aliphatic rings. The van der Waals surface area contributed by atoms with E-state index in [1.165, 1.54) is 6.21 Å². The number of nitrogen functional groups attached to an aromatic ring is 1. The molecule has 0 bridgehead atoms. The third-order valence-electron chi connectivity index (χ3n) is 1.12. The first-order chi connectivity index (χ1) is 4.83. The van der Waals surface area contributed by atoms with Crippen molar-refractivity contribution in [1.29, 1.82) is 0 Å². The Labute approximate surface area is 58.8 Å². The first kappa shape index (κ1) is 6.61. The monoisotopic (exact) mass is 136 g/mol. The zero-order valence-electron chi connectivity index (χ0n) is 5.36. The predicted molar refractivity (Wildman–Crippen MR) is 40.2 cm³/mol. The van der Waals surface area contributed by atoms with E-state index < -0.39 is 0 Å². The summed E-state index contributed by atoms with van der Waals surface area (Å²) >= 11 is 0. The van der Waals surface area contributed by atoms with Gasteiger partial charge in [0.25, 0.3) is 0 Å². The van der Waals surface area contributed by atoms with Gasteiger partial charge in [0.05, 0.1) is 6.21 Å². The summed E-state index contributed by atoms with van der Waals surface area (Å²) in [7, 11) is 0. The van der Waals surface area contributed by atoms with Crippen LogP contribution in [-0.2, 0) is 0 Å². The minimum Gasteiger partial charge on any atom is -0.411 e. The Bertz CT molecular complexity index is 245. The maximum atomic E-state index is 8.14. The van der Waals surface area contributed by atoms with E-state index in [2.05, 4.69) is 5.16 Å². The van der Waals surface area contributed by atoms with E-state index in [1.807, 2.05) is 0 Å². The summed E-state index contributed by atoms with van der Waals surface area (Å²) in [6, 6.07) is 7.09. The third kappa shape index (κ3) is 1.48. The van der Waals surface area contributed by atoms with Crippen molar-refractivity contribution in [2.45, 2.75) is 0 Å². The lowest BCUT2D eigenvalue weighted by molar-refractivity contribution is 0.322. The van der Waals surface area contributed by atoms with Crippen molar-refractivity contribution in [3.63, 3.8) is 0 Å². The maximum absolute atomic E-state index is 8.14. The van der Waals surface area contributed by atoms with Crippen molar-refractivity contribution in [1.82, 2.24) is 0 Å². The van der Waals surface area contributed by atoms with E-state index in [1.54, 1.807) is 24.3 Å². The molecule has 3 N–H and O–H groups in total. The average molecular weight is 136 g/mol. The molecule has 0 aromatic heterocycles. The number of anilines is 1. The van der Waals surface area contributed by atoms with Gasteiger partial charge in [-0.1, -0.05) is 17.3 Å². The Kier molecular flexibility index (Phi) is 1.89. The molecule has 0 atom stereocenters. The minimum atomic E-state index is 0.664. The quantitative estimate of drug-likeness (QED) is 0.262. The van der Waals surface area contributed by atoms with Crippen molar-refractivity contribution in [3.8, 4) is 0 Å². The van der Waals surface area contributed by atoms with Crippen LogP contribution in [0.3, 0.4) is 0 Å². The molecule has 0 saturated heterocycles. The average Bonchev–Trinajstić information content (AvgIpc) is 1.88. The fraction of sp³-hybridized carbons (Fsp3) is 0. The van der Waals surface area contributed by atoms with Crippen LogP contribution in [0.1, 0.15) is 5.56 Å². The largest absolute Gasteiger partial charge is 0.411 e. The number of nitrogens with two attached hydrogens (primary N) is 1. The highest BCUT2D eigenvalue weighted by molar-refractivity contribution is 5.80. The van der Waals surface area contributed by atoms with Crippen molar-refractivity contribution in [3.05, 3.63) is 29.8 Å². The van der Waals surface area contributed by atoms with Gasteiger partial charge in [-0.2, -0.15) is 0 Å². The van der Waals surface area contributed by atoms with Crippen molar-refractivity contribution < 1.29 is 5.21 Å². The molecular weight excluding hydrogens is 128 g/mol. The molecule has 1 rings (SSSR count). The van der Waals surface area contributed by atoms with Gasteiger partial charge in [-0.25, -0.2) is 0 Å². The van der Waals surface area contributed by atoms with E-state index in [9.17, 15) is 0 Å². The Balaban J connectivity index is 2.95. The highest BCUT2D eigenvalue weighted by Crippen LogP contribution is 2.03. The Morgan fingerprint density at radius 1 is 1.50 bits per heavy atom. The molecule has 3 heteroatoms. The van der Waals surface area contributed by atoms with Crippen LogP contribution in [0.25, 0.3) is 0 Å². The van der Waals surface area contributed by atoms with Crippen LogP contribution in [0.5, 0.6) is 0 Å². The molecule has 10 heavy (non-hydrogen) atoms. The van der Waals surface area contributed by atoms with E-state index >= 15 is 0 Å². The van der Waals surface area contributed by atoms with Crippen LogP contribution >= 0.6 is 0 Å². The number of benzene rings is 1. The highest BCUT2D eigenvalue weighted by Gasteiger charge is 1.86. The summed E-state index contributed by atoms with van der Waals surface area (Å²) in [6.45, 7) is 0. The maximum Gasteiger partial charge on any atom is 0.0734 e. The molecule has 52 valence electrons. The minimum absolute atomic E-state index is 0.664. The van der Waals surface area contributed by atoms with Crippen LogP contribution < -0.4 is 5.73 Å². The first-order valence-corrected chi connectivity index (χ1v) is 2.86. The number of hydrogen-bond donors (Lipinski definition) is 2. The summed E-state index contributed by atoms with van der Waals surface area (Å²) in [5.41, 5.74) is 6.90. The fourth-order valence-corrected chi connectivity index (χ4v) is 0.706. The summed E-state index contributed by atoms with van der Waals surface area (Å²) in [4.78, 5) is 0. The SMILES string of the molecule is Nc1cccc(/C=N/O)c1. The van der Waals surface area contributed by atoms with Gasteiger partial charge in [-0.3, -0.25) is 0 Å². The van der Waals surface area contributed by atoms with Crippen molar-refractivity contribution >= 4 is 11.9 Å². The zero-order valence-corrected chi connectivity index (χ0v) is 5.36. The second kappa shape index (κ2) is 2.87. The third-order valence-corrected chi connectivity index (χ3v) is 1.12. The number of oxime groups is 1. The standard InChI is InChI=1S/C7H8N2O/c8-7-3-1-2-6(4-7)5-9-10/h1-5,10H,8H2/b9-5+. The zero-order chi connectivity index (χ0) is 7.40.